The van der Waals surface area contributed by atoms with Crippen LogP contribution in [-0.2, 0) is 0 Å². The zero-order valence-electron chi connectivity index (χ0n) is 6.84. The van der Waals surface area contributed by atoms with Gasteiger partial charge in [0, 0.05) is 5.02 Å². The van der Waals surface area contributed by atoms with Gasteiger partial charge in [0.15, 0.2) is 0 Å². The van der Waals surface area contributed by atoms with E-state index in [0.29, 0.717) is 5.02 Å². The Balaban J connectivity index is 3.11. The molecule has 0 fully saturated rings. The molecule has 2 N–H and O–H groups in total. The summed E-state index contributed by atoms with van der Waals surface area (Å²) in [4.78, 5) is 0. The van der Waals surface area contributed by atoms with Crippen molar-refractivity contribution >= 4 is 11.6 Å². The van der Waals surface area contributed by atoms with Gasteiger partial charge < -0.3 is 5.73 Å². The number of nitrogens with two attached hydrogens (primary N) is 1. The summed E-state index contributed by atoms with van der Waals surface area (Å²) in [5, 5.41) is 0.709. The summed E-state index contributed by atoms with van der Waals surface area (Å²) < 4.78 is 0. The van der Waals surface area contributed by atoms with Gasteiger partial charge in [-0.15, -0.1) is 6.42 Å². The SMILES string of the molecule is C#CC(N)c1ccc(Cl)cc1C. The van der Waals surface area contributed by atoms with Crippen molar-refractivity contribution in [1.82, 2.24) is 0 Å². The number of aryl methyl sites for hydroxylation is 1. The predicted octanol–water partition coefficient (Wildman–Crippen LogP) is 2.28. The predicted molar refractivity (Wildman–Crippen MR) is 52.0 cm³/mol. The third-order valence-electron chi connectivity index (χ3n) is 1.75. The van der Waals surface area contributed by atoms with Gasteiger partial charge in [0.05, 0.1) is 6.04 Å². The van der Waals surface area contributed by atoms with E-state index in [1.807, 2.05) is 19.1 Å². The van der Waals surface area contributed by atoms with Crippen LogP contribution < -0.4 is 5.73 Å². The van der Waals surface area contributed by atoms with Crippen LogP contribution in [0.5, 0.6) is 0 Å². The Labute approximate surface area is 77.5 Å². The summed E-state index contributed by atoms with van der Waals surface area (Å²) in [6.45, 7) is 1.94. The van der Waals surface area contributed by atoms with Gasteiger partial charge in [-0.2, -0.15) is 0 Å². The summed E-state index contributed by atoms with van der Waals surface area (Å²) in [6.07, 6.45) is 5.20. The Morgan fingerprint density at radius 3 is 2.75 bits per heavy atom. The smallest absolute Gasteiger partial charge is 0.0920 e. The van der Waals surface area contributed by atoms with E-state index in [2.05, 4.69) is 5.92 Å². The van der Waals surface area contributed by atoms with Crippen molar-refractivity contribution in [3.63, 3.8) is 0 Å². The van der Waals surface area contributed by atoms with Crippen LogP contribution in [0.2, 0.25) is 5.02 Å². The van der Waals surface area contributed by atoms with E-state index in [9.17, 15) is 0 Å². The number of hydrogen-bond acceptors (Lipinski definition) is 1. The maximum absolute atomic E-state index is 5.77. The summed E-state index contributed by atoms with van der Waals surface area (Å²) >= 11 is 5.77. The Morgan fingerprint density at radius 2 is 2.25 bits per heavy atom. The molecule has 0 saturated heterocycles. The molecule has 0 saturated carbocycles. The van der Waals surface area contributed by atoms with Gasteiger partial charge >= 0.3 is 0 Å². The highest BCUT2D eigenvalue weighted by atomic mass is 35.5. The molecule has 1 aromatic carbocycles. The molecule has 1 aromatic rings. The van der Waals surface area contributed by atoms with Crippen molar-refractivity contribution in [2.75, 3.05) is 0 Å². The largest absolute Gasteiger partial charge is 0.314 e. The Kier molecular flexibility index (Phi) is 2.75. The molecular formula is C10H10ClN. The van der Waals surface area contributed by atoms with Gasteiger partial charge in [-0.05, 0) is 30.2 Å². The third-order valence-corrected chi connectivity index (χ3v) is 1.98. The lowest BCUT2D eigenvalue weighted by molar-refractivity contribution is 0.933. The molecule has 0 spiro atoms. The Morgan fingerprint density at radius 1 is 1.58 bits per heavy atom. The zero-order valence-corrected chi connectivity index (χ0v) is 7.60. The fraction of sp³-hybridized carbons (Fsp3) is 0.200. The van der Waals surface area contributed by atoms with Crippen LogP contribution in [0.15, 0.2) is 18.2 Å². The van der Waals surface area contributed by atoms with Gasteiger partial charge in [0.25, 0.3) is 0 Å². The molecule has 0 radical (unpaired) electrons. The number of hydrogen-bond donors (Lipinski definition) is 1. The van der Waals surface area contributed by atoms with Crippen LogP contribution in [0.3, 0.4) is 0 Å². The lowest BCUT2D eigenvalue weighted by Crippen LogP contribution is -2.08. The van der Waals surface area contributed by atoms with Crippen LogP contribution in [0, 0.1) is 19.3 Å². The summed E-state index contributed by atoms with van der Waals surface area (Å²) in [5.41, 5.74) is 7.66. The van der Waals surface area contributed by atoms with Crippen LogP contribution in [0.1, 0.15) is 17.2 Å². The molecule has 0 amide bonds. The molecule has 62 valence electrons. The molecule has 0 aliphatic carbocycles. The van der Waals surface area contributed by atoms with Crippen molar-refractivity contribution in [2.45, 2.75) is 13.0 Å². The van der Waals surface area contributed by atoms with E-state index >= 15 is 0 Å². The molecular weight excluding hydrogens is 170 g/mol. The normalized spacial score (nSPS) is 12.2. The lowest BCUT2D eigenvalue weighted by atomic mass is 10.0. The second-order valence-corrected chi connectivity index (χ2v) is 3.08. The van der Waals surface area contributed by atoms with Crippen LogP contribution >= 0.6 is 11.6 Å². The van der Waals surface area contributed by atoms with Crippen LogP contribution in [0.4, 0.5) is 0 Å². The zero-order chi connectivity index (χ0) is 9.14. The van der Waals surface area contributed by atoms with E-state index in [4.69, 9.17) is 23.8 Å². The van der Waals surface area contributed by atoms with E-state index < -0.39 is 0 Å². The molecule has 0 bridgehead atoms. The number of halogens is 1. The number of terminal acetylenes is 1. The van der Waals surface area contributed by atoms with E-state index in [0.717, 1.165) is 11.1 Å². The first-order valence-corrected chi connectivity index (χ1v) is 4.00. The summed E-state index contributed by atoms with van der Waals surface area (Å²) in [6, 6.07) is 5.18. The average Bonchev–Trinajstić information content (AvgIpc) is 2.03. The minimum Gasteiger partial charge on any atom is -0.314 e. The molecule has 0 aliphatic rings. The number of rotatable bonds is 1. The summed E-state index contributed by atoms with van der Waals surface area (Å²) in [5.74, 6) is 2.48. The van der Waals surface area contributed by atoms with Crippen LogP contribution in [-0.4, -0.2) is 0 Å². The monoisotopic (exact) mass is 179 g/mol. The minimum absolute atomic E-state index is 0.331. The molecule has 1 rings (SSSR count). The molecule has 1 nitrogen and oxygen atoms in total. The Hall–Kier alpha value is -0.970. The maximum atomic E-state index is 5.77. The average molecular weight is 180 g/mol. The first-order chi connectivity index (χ1) is 5.65. The van der Waals surface area contributed by atoms with Gasteiger partial charge in [0.1, 0.15) is 0 Å². The van der Waals surface area contributed by atoms with Crippen molar-refractivity contribution in [3.8, 4) is 12.3 Å². The maximum Gasteiger partial charge on any atom is 0.0920 e. The second kappa shape index (κ2) is 3.62. The fourth-order valence-electron chi connectivity index (χ4n) is 1.08. The van der Waals surface area contributed by atoms with Gasteiger partial charge in [0.2, 0.25) is 0 Å². The summed E-state index contributed by atoms with van der Waals surface area (Å²) in [7, 11) is 0. The van der Waals surface area contributed by atoms with Crippen molar-refractivity contribution in [2.24, 2.45) is 5.73 Å². The standard InChI is InChI=1S/C10H10ClN/c1-3-10(12)9-5-4-8(11)6-7(9)2/h1,4-6,10H,12H2,2H3. The molecule has 1 atom stereocenters. The molecule has 0 heterocycles. The third kappa shape index (κ3) is 1.79. The molecule has 0 aromatic heterocycles. The number of benzene rings is 1. The van der Waals surface area contributed by atoms with Crippen molar-refractivity contribution < 1.29 is 0 Å². The highest BCUT2D eigenvalue weighted by Gasteiger charge is 2.04. The topological polar surface area (TPSA) is 26.0 Å². The lowest BCUT2D eigenvalue weighted by Gasteiger charge is -2.08. The van der Waals surface area contributed by atoms with Gasteiger partial charge in [-0.1, -0.05) is 23.6 Å². The van der Waals surface area contributed by atoms with Gasteiger partial charge in [-0.25, -0.2) is 0 Å². The quantitative estimate of drug-likeness (QED) is 0.658. The highest BCUT2D eigenvalue weighted by molar-refractivity contribution is 6.30. The van der Waals surface area contributed by atoms with E-state index in [-0.39, 0.29) is 6.04 Å². The molecule has 0 aliphatic heterocycles. The first kappa shape index (κ1) is 9.12. The minimum atomic E-state index is -0.331. The fourth-order valence-corrected chi connectivity index (χ4v) is 1.30. The van der Waals surface area contributed by atoms with Crippen LogP contribution in [0.25, 0.3) is 0 Å². The molecule has 12 heavy (non-hydrogen) atoms. The van der Waals surface area contributed by atoms with Crippen molar-refractivity contribution in [3.05, 3.63) is 34.3 Å². The van der Waals surface area contributed by atoms with Crippen molar-refractivity contribution in [1.29, 1.82) is 0 Å². The molecule has 2 heteroatoms. The highest BCUT2D eigenvalue weighted by Crippen LogP contribution is 2.19. The van der Waals surface area contributed by atoms with E-state index in [1.165, 1.54) is 0 Å². The van der Waals surface area contributed by atoms with E-state index in [1.54, 1.807) is 6.07 Å². The first-order valence-electron chi connectivity index (χ1n) is 3.63. The molecule has 1 unspecified atom stereocenters. The second-order valence-electron chi connectivity index (χ2n) is 2.65. The Bertz CT molecular complexity index is 325. The van der Waals surface area contributed by atoms with Gasteiger partial charge in [-0.3, -0.25) is 0 Å².